The number of carbonyl (C=O) groups is 1. The maximum Gasteiger partial charge on any atom is 0.281 e. The van der Waals surface area contributed by atoms with Crippen molar-refractivity contribution in [3.63, 3.8) is 0 Å². The van der Waals surface area contributed by atoms with Crippen LogP contribution in [-0.4, -0.2) is 18.7 Å². The van der Waals surface area contributed by atoms with E-state index in [1.165, 1.54) is 17.6 Å². The highest BCUT2D eigenvalue weighted by molar-refractivity contribution is 9.11. The van der Waals surface area contributed by atoms with Gasteiger partial charge in [-0.25, -0.2) is 5.43 Å². The van der Waals surface area contributed by atoms with Crippen molar-refractivity contribution in [1.82, 2.24) is 5.43 Å². The number of hydrogen-bond donors (Lipinski definition) is 1. The first-order chi connectivity index (χ1) is 10.2. The smallest absolute Gasteiger partial charge is 0.281 e. The standard InChI is InChI=1S/C14H10BrN3O2S/c15-13-6-5-12(21-13)14(19)18-17-9-10-1-3-11(4-2-10)20-8-7-16/h1-6,9H,8H2,(H,18,19)/b17-9-. The van der Waals surface area contributed by atoms with E-state index < -0.39 is 0 Å². The first-order valence-electron chi connectivity index (χ1n) is 5.87. The zero-order valence-electron chi connectivity index (χ0n) is 10.7. The molecule has 1 aromatic carbocycles. The molecular weight excluding hydrogens is 354 g/mol. The molecule has 0 saturated carbocycles. The van der Waals surface area contributed by atoms with E-state index >= 15 is 0 Å². The van der Waals surface area contributed by atoms with Crippen molar-refractivity contribution in [2.45, 2.75) is 0 Å². The third kappa shape index (κ3) is 4.70. The number of amides is 1. The van der Waals surface area contributed by atoms with Crippen molar-refractivity contribution in [2.75, 3.05) is 6.61 Å². The molecule has 1 amide bonds. The fourth-order valence-corrected chi connectivity index (χ4v) is 2.70. The molecule has 0 unspecified atom stereocenters. The van der Waals surface area contributed by atoms with E-state index in [4.69, 9.17) is 10.00 Å². The third-order valence-corrected chi connectivity index (χ3v) is 3.98. The minimum absolute atomic E-state index is 0.0138. The second kappa shape index (κ2) is 7.57. The van der Waals surface area contributed by atoms with E-state index in [2.05, 4.69) is 26.5 Å². The first-order valence-corrected chi connectivity index (χ1v) is 7.48. The predicted molar refractivity (Wildman–Crippen MR) is 84.6 cm³/mol. The Kier molecular flexibility index (Phi) is 5.49. The molecule has 21 heavy (non-hydrogen) atoms. The maximum atomic E-state index is 11.7. The Morgan fingerprint density at radius 3 is 2.76 bits per heavy atom. The third-order valence-electron chi connectivity index (χ3n) is 2.36. The van der Waals surface area contributed by atoms with Gasteiger partial charge >= 0.3 is 0 Å². The number of halogens is 1. The van der Waals surface area contributed by atoms with Gasteiger partial charge in [-0.2, -0.15) is 10.4 Å². The molecule has 2 rings (SSSR count). The van der Waals surface area contributed by atoms with Crippen LogP contribution < -0.4 is 10.2 Å². The molecule has 0 aliphatic carbocycles. The van der Waals surface area contributed by atoms with Crippen LogP contribution in [0.1, 0.15) is 15.2 Å². The summed E-state index contributed by atoms with van der Waals surface area (Å²) in [5.74, 6) is 0.358. The Balaban J connectivity index is 1.89. The molecule has 0 spiro atoms. The van der Waals surface area contributed by atoms with Gasteiger partial charge in [0.25, 0.3) is 5.91 Å². The van der Waals surface area contributed by atoms with Gasteiger partial charge in [-0.05, 0) is 57.9 Å². The quantitative estimate of drug-likeness (QED) is 0.654. The molecular formula is C14H10BrN3O2S. The van der Waals surface area contributed by atoms with Crippen molar-refractivity contribution in [2.24, 2.45) is 5.10 Å². The van der Waals surface area contributed by atoms with E-state index in [1.54, 1.807) is 30.3 Å². The van der Waals surface area contributed by atoms with E-state index in [9.17, 15) is 4.79 Å². The normalized spacial score (nSPS) is 10.3. The molecule has 106 valence electrons. The molecule has 0 fully saturated rings. The van der Waals surface area contributed by atoms with Crippen LogP contribution in [0.5, 0.6) is 5.75 Å². The van der Waals surface area contributed by atoms with Gasteiger partial charge in [0.1, 0.15) is 11.8 Å². The summed E-state index contributed by atoms with van der Waals surface area (Å²) in [6.45, 7) is 0.0138. The Morgan fingerprint density at radius 1 is 1.38 bits per heavy atom. The molecule has 0 saturated heterocycles. The minimum Gasteiger partial charge on any atom is -0.479 e. The number of nitrogens with one attached hydrogen (secondary N) is 1. The SMILES string of the molecule is N#CCOc1ccc(/C=N\NC(=O)c2ccc(Br)s2)cc1. The molecule has 1 N–H and O–H groups in total. The Hall–Kier alpha value is -2.17. The number of nitrogens with zero attached hydrogens (tertiary/aromatic N) is 2. The number of benzene rings is 1. The van der Waals surface area contributed by atoms with Crippen LogP contribution in [-0.2, 0) is 0 Å². The van der Waals surface area contributed by atoms with Gasteiger partial charge in [0.15, 0.2) is 6.61 Å². The van der Waals surface area contributed by atoms with Gasteiger partial charge in [0.2, 0.25) is 0 Å². The number of hydrazone groups is 1. The van der Waals surface area contributed by atoms with Crippen molar-refractivity contribution < 1.29 is 9.53 Å². The Morgan fingerprint density at radius 2 is 2.14 bits per heavy atom. The lowest BCUT2D eigenvalue weighted by Crippen LogP contribution is -2.16. The van der Waals surface area contributed by atoms with Crippen LogP contribution in [0.15, 0.2) is 45.3 Å². The number of carbonyl (C=O) groups excluding carboxylic acids is 1. The molecule has 1 heterocycles. The van der Waals surface area contributed by atoms with Crippen LogP contribution in [0.25, 0.3) is 0 Å². The number of hydrogen-bond acceptors (Lipinski definition) is 5. The van der Waals surface area contributed by atoms with E-state index in [1.807, 2.05) is 12.1 Å². The summed E-state index contributed by atoms with van der Waals surface area (Å²) in [5, 5.41) is 12.3. The molecule has 0 bridgehead atoms. The van der Waals surface area contributed by atoms with Crippen molar-refractivity contribution in [1.29, 1.82) is 5.26 Å². The van der Waals surface area contributed by atoms with Crippen molar-refractivity contribution >= 4 is 39.4 Å². The molecule has 5 nitrogen and oxygen atoms in total. The largest absolute Gasteiger partial charge is 0.479 e. The highest BCUT2D eigenvalue weighted by Crippen LogP contribution is 2.21. The lowest BCUT2D eigenvalue weighted by Gasteiger charge is -2.01. The Bertz CT molecular complexity index is 689. The average molecular weight is 364 g/mol. The van der Waals surface area contributed by atoms with E-state index in [0.29, 0.717) is 10.6 Å². The lowest BCUT2D eigenvalue weighted by molar-refractivity contribution is 0.0959. The van der Waals surface area contributed by atoms with Gasteiger partial charge in [-0.3, -0.25) is 4.79 Å². The lowest BCUT2D eigenvalue weighted by atomic mass is 10.2. The molecule has 0 atom stereocenters. The summed E-state index contributed by atoms with van der Waals surface area (Å²) >= 11 is 4.64. The van der Waals surface area contributed by atoms with Crippen molar-refractivity contribution in [3.8, 4) is 11.8 Å². The molecule has 0 aliphatic heterocycles. The second-order valence-electron chi connectivity index (χ2n) is 3.82. The van der Waals surface area contributed by atoms with Gasteiger partial charge in [-0.15, -0.1) is 11.3 Å². The number of thiophene rings is 1. The minimum atomic E-state index is -0.254. The van der Waals surface area contributed by atoms with Gasteiger partial charge in [0.05, 0.1) is 14.9 Å². The summed E-state index contributed by atoms with van der Waals surface area (Å²) in [6.07, 6.45) is 1.54. The summed E-state index contributed by atoms with van der Waals surface area (Å²) in [5.41, 5.74) is 3.27. The second-order valence-corrected chi connectivity index (χ2v) is 6.28. The fourth-order valence-electron chi connectivity index (χ4n) is 1.42. The van der Waals surface area contributed by atoms with Crippen molar-refractivity contribution in [3.05, 3.63) is 50.6 Å². The summed E-state index contributed by atoms with van der Waals surface area (Å²) in [4.78, 5) is 12.3. The van der Waals surface area contributed by atoms with E-state index in [0.717, 1.165) is 9.35 Å². The van der Waals surface area contributed by atoms with Gasteiger partial charge in [-0.1, -0.05) is 0 Å². The van der Waals surface area contributed by atoms with Crippen LogP contribution in [0, 0.1) is 11.3 Å². The number of rotatable bonds is 5. The molecule has 0 aliphatic rings. The molecule has 7 heteroatoms. The Labute approximate surface area is 134 Å². The van der Waals surface area contributed by atoms with E-state index in [-0.39, 0.29) is 12.5 Å². The molecule has 0 radical (unpaired) electrons. The number of ether oxygens (including phenoxy) is 1. The van der Waals surface area contributed by atoms with Crippen LogP contribution in [0.4, 0.5) is 0 Å². The first kappa shape index (κ1) is 15.2. The highest BCUT2D eigenvalue weighted by atomic mass is 79.9. The number of nitriles is 1. The topological polar surface area (TPSA) is 74.5 Å². The zero-order chi connectivity index (χ0) is 15.1. The summed E-state index contributed by atoms with van der Waals surface area (Å²) in [6, 6.07) is 12.5. The molecule has 2 aromatic rings. The highest BCUT2D eigenvalue weighted by Gasteiger charge is 2.06. The maximum absolute atomic E-state index is 11.7. The summed E-state index contributed by atoms with van der Waals surface area (Å²) in [7, 11) is 0. The fraction of sp³-hybridized carbons (Fsp3) is 0.0714. The van der Waals surface area contributed by atoms with Crippen LogP contribution in [0.3, 0.4) is 0 Å². The summed E-state index contributed by atoms with van der Waals surface area (Å²) < 4.78 is 6.03. The predicted octanol–water partition coefficient (Wildman–Crippen LogP) is 3.18. The zero-order valence-corrected chi connectivity index (χ0v) is 13.1. The van der Waals surface area contributed by atoms with Crippen LogP contribution in [0.2, 0.25) is 0 Å². The van der Waals surface area contributed by atoms with Crippen LogP contribution >= 0.6 is 27.3 Å². The molecule has 1 aromatic heterocycles. The van der Waals surface area contributed by atoms with Gasteiger partial charge in [0, 0.05) is 0 Å². The van der Waals surface area contributed by atoms with Gasteiger partial charge < -0.3 is 4.74 Å². The average Bonchev–Trinajstić information content (AvgIpc) is 2.93. The monoisotopic (exact) mass is 363 g/mol.